The summed E-state index contributed by atoms with van der Waals surface area (Å²) in [6, 6.07) is 12.2. The molecular weight excluding hydrogens is 335 g/mol. The van der Waals surface area contributed by atoms with Crippen LogP contribution in [0.4, 0.5) is 10.1 Å². The quantitative estimate of drug-likeness (QED) is 0.880. The lowest BCUT2D eigenvalue weighted by molar-refractivity contribution is -0.910. The maximum absolute atomic E-state index is 13.0. The first-order valence-electron chi connectivity index (χ1n) is 8.98. The van der Waals surface area contributed by atoms with E-state index in [0.29, 0.717) is 25.4 Å². The van der Waals surface area contributed by atoms with E-state index in [0.717, 1.165) is 30.9 Å². The molecule has 6 heteroatoms. The molecule has 4 rings (SSSR count). The lowest BCUT2D eigenvalue weighted by atomic mass is 10.0. The first-order chi connectivity index (χ1) is 12.7. The number of anilines is 1. The molecule has 2 heterocycles. The zero-order valence-corrected chi connectivity index (χ0v) is 14.5. The highest BCUT2D eigenvalue weighted by Gasteiger charge is 2.32. The highest BCUT2D eigenvalue weighted by molar-refractivity contribution is 5.91. The predicted molar refractivity (Wildman–Crippen MR) is 95.1 cm³/mol. The van der Waals surface area contributed by atoms with Crippen LogP contribution in [0.1, 0.15) is 24.4 Å². The van der Waals surface area contributed by atoms with Gasteiger partial charge in [-0.3, -0.25) is 4.79 Å². The number of rotatable bonds is 4. The highest BCUT2D eigenvalue weighted by Crippen LogP contribution is 2.33. The van der Waals surface area contributed by atoms with Crippen molar-refractivity contribution in [2.24, 2.45) is 0 Å². The number of quaternary nitrogens is 1. The normalized spacial score (nSPS) is 21.4. The SMILES string of the molecule is O=C(C[NH+]1CCC[C@H]1c1ccc2c(c1)OCCO2)Nc1ccc(F)cc1. The van der Waals surface area contributed by atoms with Gasteiger partial charge in [-0.25, -0.2) is 4.39 Å². The van der Waals surface area contributed by atoms with E-state index in [1.54, 1.807) is 12.1 Å². The van der Waals surface area contributed by atoms with Crippen molar-refractivity contribution in [3.63, 3.8) is 0 Å². The number of fused-ring (bicyclic) bond motifs is 1. The van der Waals surface area contributed by atoms with Crippen LogP contribution in [0.3, 0.4) is 0 Å². The molecule has 1 fully saturated rings. The smallest absolute Gasteiger partial charge is 0.279 e. The number of likely N-dealkylation sites (tertiary alicyclic amines) is 1. The monoisotopic (exact) mass is 357 g/mol. The second kappa shape index (κ2) is 7.33. The molecule has 2 aromatic rings. The van der Waals surface area contributed by atoms with Crippen molar-refractivity contribution in [3.8, 4) is 11.5 Å². The molecule has 26 heavy (non-hydrogen) atoms. The molecule has 0 bridgehead atoms. The van der Waals surface area contributed by atoms with Gasteiger partial charge in [0.05, 0.1) is 6.54 Å². The van der Waals surface area contributed by atoms with E-state index in [1.807, 2.05) is 12.1 Å². The van der Waals surface area contributed by atoms with Crippen LogP contribution in [0.2, 0.25) is 0 Å². The molecule has 2 aliphatic heterocycles. The van der Waals surface area contributed by atoms with Crippen LogP contribution in [0.25, 0.3) is 0 Å². The first kappa shape index (κ1) is 16.8. The van der Waals surface area contributed by atoms with Crippen LogP contribution < -0.4 is 19.7 Å². The summed E-state index contributed by atoms with van der Waals surface area (Å²) in [5.74, 6) is 1.20. The van der Waals surface area contributed by atoms with Crippen molar-refractivity contribution >= 4 is 11.6 Å². The Morgan fingerprint density at radius 1 is 1.12 bits per heavy atom. The molecular formula is C20H22FN2O3+. The Hall–Kier alpha value is -2.60. The molecule has 0 radical (unpaired) electrons. The molecule has 5 nitrogen and oxygen atoms in total. The maximum atomic E-state index is 13.0. The van der Waals surface area contributed by atoms with E-state index < -0.39 is 0 Å². The Balaban J connectivity index is 1.43. The Kier molecular flexibility index (Phi) is 4.75. The van der Waals surface area contributed by atoms with Gasteiger partial charge in [0.2, 0.25) is 0 Å². The van der Waals surface area contributed by atoms with Gasteiger partial charge in [-0.2, -0.15) is 0 Å². The van der Waals surface area contributed by atoms with Gasteiger partial charge in [-0.1, -0.05) is 0 Å². The van der Waals surface area contributed by atoms with Crippen molar-refractivity contribution < 1.29 is 23.6 Å². The number of halogens is 1. The number of carbonyl (C=O) groups is 1. The van der Waals surface area contributed by atoms with E-state index in [-0.39, 0.29) is 17.8 Å². The number of ether oxygens (including phenoxy) is 2. The van der Waals surface area contributed by atoms with Gasteiger partial charge in [0.1, 0.15) is 25.1 Å². The lowest BCUT2D eigenvalue weighted by Crippen LogP contribution is -3.11. The summed E-state index contributed by atoms with van der Waals surface area (Å²) in [5, 5.41) is 2.85. The van der Waals surface area contributed by atoms with E-state index in [2.05, 4.69) is 11.4 Å². The van der Waals surface area contributed by atoms with E-state index in [1.165, 1.54) is 22.6 Å². The second-order valence-electron chi connectivity index (χ2n) is 6.74. The third kappa shape index (κ3) is 3.65. The highest BCUT2D eigenvalue weighted by atomic mass is 19.1. The molecule has 2 N–H and O–H groups in total. The molecule has 2 aromatic carbocycles. The summed E-state index contributed by atoms with van der Waals surface area (Å²) in [6.07, 6.45) is 2.12. The van der Waals surface area contributed by atoms with Crippen molar-refractivity contribution in [3.05, 3.63) is 53.8 Å². The van der Waals surface area contributed by atoms with E-state index >= 15 is 0 Å². The molecule has 2 atom stereocenters. The number of carbonyl (C=O) groups excluding carboxylic acids is 1. The molecule has 0 saturated carbocycles. The average Bonchev–Trinajstić information content (AvgIpc) is 3.11. The minimum absolute atomic E-state index is 0.0592. The van der Waals surface area contributed by atoms with Gasteiger partial charge in [0.25, 0.3) is 5.91 Å². The molecule has 1 unspecified atom stereocenters. The molecule has 2 aliphatic rings. The first-order valence-corrected chi connectivity index (χ1v) is 8.98. The maximum Gasteiger partial charge on any atom is 0.279 e. The fourth-order valence-corrected chi connectivity index (χ4v) is 3.75. The van der Waals surface area contributed by atoms with Crippen LogP contribution in [0, 0.1) is 5.82 Å². The molecule has 0 spiro atoms. The van der Waals surface area contributed by atoms with Gasteiger partial charge < -0.3 is 19.7 Å². The van der Waals surface area contributed by atoms with Gasteiger partial charge in [0.15, 0.2) is 18.0 Å². The summed E-state index contributed by atoms with van der Waals surface area (Å²) in [7, 11) is 0. The minimum Gasteiger partial charge on any atom is -0.486 e. The molecule has 0 aromatic heterocycles. The van der Waals surface area contributed by atoms with Gasteiger partial charge in [-0.15, -0.1) is 0 Å². The number of hydrogen-bond donors (Lipinski definition) is 2. The Morgan fingerprint density at radius 2 is 1.88 bits per heavy atom. The topological polar surface area (TPSA) is 52.0 Å². The van der Waals surface area contributed by atoms with Gasteiger partial charge in [-0.05, 0) is 42.5 Å². The number of benzene rings is 2. The molecule has 136 valence electrons. The van der Waals surface area contributed by atoms with Crippen molar-refractivity contribution in [1.82, 2.24) is 0 Å². The van der Waals surface area contributed by atoms with Crippen LogP contribution in [0.5, 0.6) is 11.5 Å². The van der Waals surface area contributed by atoms with E-state index in [4.69, 9.17) is 9.47 Å². The summed E-state index contributed by atoms with van der Waals surface area (Å²) in [4.78, 5) is 13.6. The second-order valence-corrected chi connectivity index (χ2v) is 6.74. The van der Waals surface area contributed by atoms with Crippen LogP contribution in [0.15, 0.2) is 42.5 Å². The molecule has 1 amide bonds. The predicted octanol–water partition coefficient (Wildman–Crippen LogP) is 1.96. The third-order valence-electron chi connectivity index (χ3n) is 4.97. The number of amides is 1. The minimum atomic E-state index is -0.313. The fraction of sp³-hybridized carbons (Fsp3) is 0.350. The van der Waals surface area contributed by atoms with Crippen molar-refractivity contribution in [2.45, 2.75) is 18.9 Å². The fourth-order valence-electron chi connectivity index (χ4n) is 3.75. The zero-order valence-electron chi connectivity index (χ0n) is 14.5. The molecule has 1 saturated heterocycles. The number of hydrogen-bond acceptors (Lipinski definition) is 3. The lowest BCUT2D eigenvalue weighted by Gasteiger charge is -2.24. The summed E-state index contributed by atoms with van der Waals surface area (Å²) in [6.45, 7) is 2.49. The molecule has 0 aliphatic carbocycles. The van der Waals surface area contributed by atoms with E-state index in [9.17, 15) is 9.18 Å². The summed E-state index contributed by atoms with van der Waals surface area (Å²) >= 11 is 0. The largest absolute Gasteiger partial charge is 0.486 e. The number of nitrogens with one attached hydrogen (secondary N) is 2. The van der Waals surface area contributed by atoms with Crippen LogP contribution in [-0.4, -0.2) is 32.2 Å². The standard InChI is InChI=1S/C20H21FN2O3/c21-15-4-6-16(7-5-15)22-20(24)13-23-9-1-2-17(23)14-3-8-18-19(12-14)26-11-10-25-18/h3-8,12,17H,1-2,9-11,13H2,(H,22,24)/p+1/t17-/m0/s1. The summed E-state index contributed by atoms with van der Waals surface area (Å²) in [5.41, 5.74) is 1.79. The van der Waals surface area contributed by atoms with Gasteiger partial charge >= 0.3 is 0 Å². The van der Waals surface area contributed by atoms with Crippen molar-refractivity contribution in [1.29, 1.82) is 0 Å². The van der Waals surface area contributed by atoms with Crippen LogP contribution >= 0.6 is 0 Å². The van der Waals surface area contributed by atoms with Gasteiger partial charge in [0, 0.05) is 24.1 Å². The Morgan fingerprint density at radius 3 is 2.69 bits per heavy atom. The third-order valence-corrected chi connectivity index (χ3v) is 4.97. The Labute approximate surface area is 151 Å². The van der Waals surface area contributed by atoms with Crippen molar-refractivity contribution in [2.75, 3.05) is 31.6 Å². The zero-order chi connectivity index (χ0) is 17.9. The average molecular weight is 357 g/mol. The van der Waals surface area contributed by atoms with Crippen LogP contribution in [-0.2, 0) is 4.79 Å². The Bertz CT molecular complexity index is 794. The summed E-state index contributed by atoms with van der Waals surface area (Å²) < 4.78 is 24.2.